The zero-order valence-corrected chi connectivity index (χ0v) is 16.2. The fourth-order valence-corrected chi connectivity index (χ4v) is 3.05. The van der Waals surface area contributed by atoms with Gasteiger partial charge >= 0.3 is 11.9 Å². The molecule has 0 saturated carbocycles. The second-order valence-corrected chi connectivity index (χ2v) is 7.16. The first kappa shape index (κ1) is 22.2. The van der Waals surface area contributed by atoms with E-state index < -0.39 is 61.3 Å². The molecule has 2 heterocycles. The Morgan fingerprint density at radius 1 is 1.17 bits per heavy atom. The Balaban J connectivity index is 1.55. The standard InChI is InChI=1S/C20H24O10/c1-10-13(8-28-19(10)26)29-20-18(25)17(24)16(23)14(30-20)9-27-15(22)7-4-11-2-5-12(21)6-3-11/h2-7,10,13-14,16-18,20-21,23-25H,8-9H2,1H3/b7-4+/t10?,13?,14-,16-,17+,18-,20-/m1/s1. The number of benzene rings is 1. The van der Waals surface area contributed by atoms with Gasteiger partial charge in [-0.25, -0.2) is 4.79 Å². The molecule has 2 aliphatic rings. The molecule has 10 nitrogen and oxygen atoms in total. The summed E-state index contributed by atoms with van der Waals surface area (Å²) in [5.41, 5.74) is 0.660. The van der Waals surface area contributed by atoms with Crippen LogP contribution >= 0.6 is 0 Å². The van der Waals surface area contributed by atoms with Crippen LogP contribution in [0.15, 0.2) is 30.3 Å². The smallest absolute Gasteiger partial charge is 0.330 e. The van der Waals surface area contributed by atoms with Crippen LogP contribution in [0.1, 0.15) is 12.5 Å². The summed E-state index contributed by atoms with van der Waals surface area (Å²) in [7, 11) is 0. The highest BCUT2D eigenvalue weighted by Gasteiger charge is 2.47. The van der Waals surface area contributed by atoms with Crippen LogP contribution in [0.2, 0.25) is 0 Å². The number of hydrogen-bond acceptors (Lipinski definition) is 10. The molecule has 7 atom stereocenters. The number of aromatic hydroxyl groups is 1. The van der Waals surface area contributed by atoms with Gasteiger partial charge in [0.15, 0.2) is 6.29 Å². The molecule has 2 fully saturated rings. The van der Waals surface area contributed by atoms with Crippen molar-refractivity contribution in [1.82, 2.24) is 0 Å². The SMILES string of the molecule is CC1C(=O)OCC1O[C@@H]1O[C@H](COC(=O)/C=C/c2ccc(O)cc2)[C@@H](O)[C@H](O)[C@H]1O. The van der Waals surface area contributed by atoms with E-state index in [1.807, 2.05) is 0 Å². The lowest BCUT2D eigenvalue weighted by Gasteiger charge is -2.40. The molecule has 0 aromatic heterocycles. The van der Waals surface area contributed by atoms with Crippen LogP contribution in [-0.2, 0) is 28.5 Å². The van der Waals surface area contributed by atoms with Crippen molar-refractivity contribution in [1.29, 1.82) is 0 Å². The highest BCUT2D eigenvalue weighted by atomic mass is 16.7. The van der Waals surface area contributed by atoms with Crippen molar-refractivity contribution in [2.24, 2.45) is 5.92 Å². The van der Waals surface area contributed by atoms with Gasteiger partial charge < -0.3 is 39.4 Å². The lowest BCUT2D eigenvalue weighted by atomic mass is 9.99. The van der Waals surface area contributed by atoms with Crippen LogP contribution < -0.4 is 0 Å². The Morgan fingerprint density at radius 3 is 2.50 bits per heavy atom. The number of ether oxygens (including phenoxy) is 4. The summed E-state index contributed by atoms with van der Waals surface area (Å²) in [4.78, 5) is 23.4. The van der Waals surface area contributed by atoms with Gasteiger partial charge in [0.05, 0.1) is 5.92 Å². The second kappa shape index (κ2) is 9.54. The fourth-order valence-electron chi connectivity index (χ4n) is 3.05. The molecular formula is C20H24O10. The average molecular weight is 424 g/mol. The lowest BCUT2D eigenvalue weighted by Crippen LogP contribution is -2.60. The van der Waals surface area contributed by atoms with Crippen LogP contribution in [-0.4, -0.2) is 82.4 Å². The maximum atomic E-state index is 11.9. The van der Waals surface area contributed by atoms with Crippen LogP contribution in [0.25, 0.3) is 6.08 Å². The maximum Gasteiger partial charge on any atom is 0.330 e. The largest absolute Gasteiger partial charge is 0.508 e. The monoisotopic (exact) mass is 424 g/mol. The molecule has 10 heteroatoms. The maximum absolute atomic E-state index is 11.9. The number of hydrogen-bond donors (Lipinski definition) is 4. The Bertz CT molecular complexity index is 776. The minimum Gasteiger partial charge on any atom is -0.508 e. The molecule has 1 aromatic rings. The predicted molar refractivity (Wildman–Crippen MR) is 99.8 cm³/mol. The Morgan fingerprint density at radius 2 is 1.87 bits per heavy atom. The molecule has 3 rings (SSSR count). The quantitative estimate of drug-likeness (QED) is 0.342. The first-order valence-electron chi connectivity index (χ1n) is 9.42. The van der Waals surface area contributed by atoms with Gasteiger partial charge in [0.2, 0.25) is 0 Å². The van der Waals surface area contributed by atoms with E-state index in [1.54, 1.807) is 19.1 Å². The van der Waals surface area contributed by atoms with Crippen molar-refractivity contribution in [2.45, 2.75) is 43.7 Å². The minimum atomic E-state index is -1.60. The summed E-state index contributed by atoms with van der Waals surface area (Å²) in [6, 6.07) is 6.14. The van der Waals surface area contributed by atoms with Gasteiger partial charge in [0, 0.05) is 6.08 Å². The van der Waals surface area contributed by atoms with Gasteiger partial charge in [-0.3, -0.25) is 4.79 Å². The van der Waals surface area contributed by atoms with Crippen molar-refractivity contribution in [2.75, 3.05) is 13.2 Å². The molecule has 0 aliphatic carbocycles. The number of aliphatic hydroxyl groups is 3. The molecule has 2 aliphatic heterocycles. The number of esters is 2. The number of cyclic esters (lactones) is 1. The first-order chi connectivity index (χ1) is 14.3. The van der Waals surface area contributed by atoms with E-state index in [0.29, 0.717) is 5.56 Å². The molecule has 1 aromatic carbocycles. The fraction of sp³-hybridized carbons (Fsp3) is 0.500. The zero-order valence-electron chi connectivity index (χ0n) is 16.2. The van der Waals surface area contributed by atoms with Crippen molar-refractivity contribution < 1.29 is 49.0 Å². The Hall–Kier alpha value is -2.50. The van der Waals surface area contributed by atoms with Crippen molar-refractivity contribution in [3.05, 3.63) is 35.9 Å². The van der Waals surface area contributed by atoms with E-state index in [9.17, 15) is 30.0 Å². The summed E-state index contributed by atoms with van der Waals surface area (Å²) in [6.07, 6.45) is -5.25. The Kier molecular flexibility index (Phi) is 7.06. The molecular weight excluding hydrogens is 400 g/mol. The summed E-state index contributed by atoms with van der Waals surface area (Å²) >= 11 is 0. The topological polar surface area (TPSA) is 152 Å². The third-order valence-corrected chi connectivity index (χ3v) is 4.99. The molecule has 2 saturated heterocycles. The molecule has 0 amide bonds. The van der Waals surface area contributed by atoms with Crippen LogP contribution in [0.4, 0.5) is 0 Å². The molecule has 4 N–H and O–H groups in total. The summed E-state index contributed by atoms with van der Waals surface area (Å²) in [5.74, 6) is -1.65. The number of rotatable bonds is 6. The highest BCUT2D eigenvalue weighted by molar-refractivity contribution is 5.87. The van der Waals surface area contributed by atoms with Crippen LogP contribution in [0, 0.1) is 5.92 Å². The van der Waals surface area contributed by atoms with Gasteiger partial charge in [0.25, 0.3) is 0 Å². The van der Waals surface area contributed by atoms with Gasteiger partial charge in [-0.15, -0.1) is 0 Å². The van der Waals surface area contributed by atoms with Gasteiger partial charge in [-0.2, -0.15) is 0 Å². The normalized spacial score (nSPS) is 34.1. The van der Waals surface area contributed by atoms with E-state index in [2.05, 4.69) is 0 Å². The molecule has 164 valence electrons. The summed E-state index contributed by atoms with van der Waals surface area (Å²) in [6.45, 7) is 1.17. The lowest BCUT2D eigenvalue weighted by molar-refractivity contribution is -0.313. The Labute approximate surface area is 172 Å². The third-order valence-electron chi connectivity index (χ3n) is 4.99. The molecule has 0 radical (unpaired) electrons. The molecule has 2 unspecified atom stereocenters. The zero-order chi connectivity index (χ0) is 21.8. The van der Waals surface area contributed by atoms with Gasteiger partial charge in [-0.1, -0.05) is 12.1 Å². The predicted octanol–water partition coefficient (Wildman–Crippen LogP) is -0.666. The number of aliphatic hydroxyl groups excluding tert-OH is 3. The number of carbonyl (C=O) groups excluding carboxylic acids is 2. The molecule has 0 spiro atoms. The van der Waals surface area contributed by atoms with E-state index in [0.717, 1.165) is 6.08 Å². The van der Waals surface area contributed by atoms with Crippen LogP contribution in [0.5, 0.6) is 5.75 Å². The number of carbonyl (C=O) groups is 2. The summed E-state index contributed by atoms with van der Waals surface area (Å²) in [5, 5.41) is 39.6. The first-order valence-corrected chi connectivity index (χ1v) is 9.42. The van der Waals surface area contributed by atoms with Gasteiger partial charge in [0.1, 0.15) is 49.5 Å². The van der Waals surface area contributed by atoms with E-state index in [-0.39, 0.29) is 12.4 Å². The molecule has 0 bridgehead atoms. The second-order valence-electron chi connectivity index (χ2n) is 7.16. The van der Waals surface area contributed by atoms with Gasteiger partial charge in [-0.05, 0) is 30.7 Å². The number of phenolic OH excluding ortho intramolecular Hbond substituents is 1. The number of phenols is 1. The third kappa shape index (κ3) is 5.15. The van der Waals surface area contributed by atoms with E-state index in [1.165, 1.54) is 18.2 Å². The summed E-state index contributed by atoms with van der Waals surface area (Å²) < 4.78 is 21.0. The van der Waals surface area contributed by atoms with Crippen LogP contribution in [0.3, 0.4) is 0 Å². The molecule has 30 heavy (non-hydrogen) atoms. The van der Waals surface area contributed by atoms with Crippen molar-refractivity contribution >= 4 is 18.0 Å². The average Bonchev–Trinajstić information content (AvgIpc) is 3.05. The van der Waals surface area contributed by atoms with Crippen molar-refractivity contribution in [3.63, 3.8) is 0 Å². The highest BCUT2D eigenvalue weighted by Crippen LogP contribution is 2.27. The van der Waals surface area contributed by atoms with E-state index in [4.69, 9.17) is 18.9 Å². The minimum absolute atomic E-state index is 0.0209. The van der Waals surface area contributed by atoms with Crippen molar-refractivity contribution in [3.8, 4) is 5.75 Å². The van der Waals surface area contributed by atoms with E-state index >= 15 is 0 Å².